The van der Waals surface area contributed by atoms with Crippen LogP contribution in [0.4, 0.5) is 0 Å². The molecule has 20 heavy (non-hydrogen) atoms. The van der Waals surface area contributed by atoms with Gasteiger partial charge in [0.1, 0.15) is 6.61 Å². The van der Waals surface area contributed by atoms with Gasteiger partial charge >= 0.3 is 5.97 Å². The zero-order valence-corrected chi connectivity index (χ0v) is 13.3. The Hall–Kier alpha value is -1.40. The fourth-order valence-corrected chi connectivity index (χ4v) is 1.97. The molecule has 0 fully saturated rings. The summed E-state index contributed by atoms with van der Waals surface area (Å²) in [6.07, 6.45) is 0. The van der Waals surface area contributed by atoms with Gasteiger partial charge in [0.25, 0.3) is 0 Å². The highest BCUT2D eigenvalue weighted by Gasteiger charge is 2.29. The van der Waals surface area contributed by atoms with Crippen LogP contribution in [0.1, 0.15) is 18.5 Å². The standard InChI is InChI=1S/C14H18BrNO4/c1-4-20-9-12(17)16(2)13(14(18)19-3)10-5-7-11(15)8-6-10/h5-8,13H,4,9H2,1-3H3/t13-/m1/s1. The van der Waals surface area contributed by atoms with Crippen LogP contribution in [0.25, 0.3) is 0 Å². The molecule has 6 heteroatoms. The van der Waals surface area contributed by atoms with Gasteiger partial charge < -0.3 is 14.4 Å². The number of carbonyl (C=O) groups is 2. The minimum atomic E-state index is -0.777. The molecule has 110 valence electrons. The molecular weight excluding hydrogens is 326 g/mol. The van der Waals surface area contributed by atoms with Gasteiger partial charge in [0, 0.05) is 18.1 Å². The maximum Gasteiger partial charge on any atom is 0.333 e. The molecule has 0 aliphatic rings. The van der Waals surface area contributed by atoms with Crippen molar-refractivity contribution >= 4 is 27.8 Å². The molecule has 0 N–H and O–H groups in total. The highest BCUT2D eigenvalue weighted by atomic mass is 79.9. The summed E-state index contributed by atoms with van der Waals surface area (Å²) in [6, 6.07) is 6.39. The number of esters is 1. The van der Waals surface area contributed by atoms with Gasteiger partial charge in [-0.3, -0.25) is 4.79 Å². The van der Waals surface area contributed by atoms with Gasteiger partial charge in [0.15, 0.2) is 6.04 Å². The zero-order valence-electron chi connectivity index (χ0n) is 11.8. The van der Waals surface area contributed by atoms with E-state index in [0.29, 0.717) is 12.2 Å². The van der Waals surface area contributed by atoms with E-state index in [-0.39, 0.29) is 12.5 Å². The SMILES string of the molecule is CCOCC(=O)N(C)[C@@H](C(=O)OC)c1ccc(Br)cc1. The number of nitrogens with zero attached hydrogens (tertiary/aromatic N) is 1. The lowest BCUT2D eigenvalue weighted by molar-refractivity contribution is -0.153. The Bertz CT molecular complexity index is 461. The first-order chi connectivity index (χ1) is 9.51. The van der Waals surface area contributed by atoms with Crippen molar-refractivity contribution in [1.29, 1.82) is 0 Å². The summed E-state index contributed by atoms with van der Waals surface area (Å²) in [4.78, 5) is 25.3. The predicted molar refractivity (Wildman–Crippen MR) is 78.2 cm³/mol. The van der Waals surface area contributed by atoms with Gasteiger partial charge in [-0.1, -0.05) is 28.1 Å². The van der Waals surface area contributed by atoms with Gasteiger partial charge in [-0.05, 0) is 24.6 Å². The summed E-state index contributed by atoms with van der Waals surface area (Å²) in [6.45, 7) is 2.19. The average Bonchev–Trinajstić information content (AvgIpc) is 2.46. The number of carbonyl (C=O) groups excluding carboxylic acids is 2. The Morgan fingerprint density at radius 1 is 1.30 bits per heavy atom. The topological polar surface area (TPSA) is 55.8 Å². The number of hydrogen-bond acceptors (Lipinski definition) is 4. The second kappa shape index (κ2) is 8.01. The summed E-state index contributed by atoms with van der Waals surface area (Å²) in [5.41, 5.74) is 0.687. The number of likely N-dealkylation sites (N-methyl/N-ethyl adjacent to an activating group) is 1. The van der Waals surface area contributed by atoms with E-state index in [9.17, 15) is 9.59 Å². The highest BCUT2D eigenvalue weighted by Crippen LogP contribution is 2.23. The Balaban J connectivity index is 2.97. The van der Waals surface area contributed by atoms with Crippen LogP contribution in [0.2, 0.25) is 0 Å². The Morgan fingerprint density at radius 3 is 2.40 bits per heavy atom. The zero-order chi connectivity index (χ0) is 15.1. The van der Waals surface area contributed by atoms with Crippen molar-refractivity contribution in [3.63, 3.8) is 0 Å². The van der Waals surface area contributed by atoms with Crippen molar-refractivity contribution in [2.45, 2.75) is 13.0 Å². The molecule has 1 amide bonds. The van der Waals surface area contributed by atoms with Crippen LogP contribution in [-0.4, -0.2) is 44.1 Å². The monoisotopic (exact) mass is 343 g/mol. The van der Waals surface area contributed by atoms with Crippen LogP contribution in [-0.2, 0) is 19.1 Å². The predicted octanol–water partition coefficient (Wildman–Crippen LogP) is 2.16. The molecule has 0 radical (unpaired) electrons. The molecule has 1 atom stereocenters. The van der Waals surface area contributed by atoms with Crippen molar-refractivity contribution in [1.82, 2.24) is 4.90 Å². The fourth-order valence-electron chi connectivity index (χ4n) is 1.71. The summed E-state index contributed by atoms with van der Waals surface area (Å²) in [7, 11) is 2.86. The number of benzene rings is 1. The molecule has 0 unspecified atom stereocenters. The largest absolute Gasteiger partial charge is 0.467 e. The Kier molecular flexibility index (Phi) is 6.67. The van der Waals surface area contributed by atoms with Gasteiger partial charge in [-0.25, -0.2) is 4.79 Å². The van der Waals surface area contributed by atoms with E-state index in [0.717, 1.165) is 4.47 Å². The third-order valence-electron chi connectivity index (χ3n) is 2.82. The van der Waals surface area contributed by atoms with Crippen LogP contribution in [0.5, 0.6) is 0 Å². The summed E-state index contributed by atoms with van der Waals surface area (Å²) in [5, 5.41) is 0. The van der Waals surface area contributed by atoms with E-state index >= 15 is 0 Å². The van der Waals surface area contributed by atoms with E-state index in [2.05, 4.69) is 15.9 Å². The molecule has 1 aromatic carbocycles. The second-order valence-electron chi connectivity index (χ2n) is 4.12. The fraction of sp³-hybridized carbons (Fsp3) is 0.429. The van der Waals surface area contributed by atoms with E-state index in [1.807, 2.05) is 12.1 Å². The summed E-state index contributed by atoms with van der Waals surface area (Å²) >= 11 is 3.33. The minimum Gasteiger partial charge on any atom is -0.467 e. The first-order valence-electron chi connectivity index (χ1n) is 6.18. The summed E-state index contributed by atoms with van der Waals surface area (Å²) < 4.78 is 10.8. The molecule has 0 bridgehead atoms. The lowest BCUT2D eigenvalue weighted by Crippen LogP contribution is -2.38. The van der Waals surface area contributed by atoms with Gasteiger partial charge in [-0.15, -0.1) is 0 Å². The maximum atomic E-state index is 12.0. The van der Waals surface area contributed by atoms with Gasteiger partial charge in [0.05, 0.1) is 7.11 Å². The third kappa shape index (κ3) is 4.31. The number of hydrogen-bond donors (Lipinski definition) is 0. The van der Waals surface area contributed by atoms with Gasteiger partial charge in [0.2, 0.25) is 5.91 Å². The normalized spacial score (nSPS) is 11.8. The van der Waals surface area contributed by atoms with Crippen LogP contribution >= 0.6 is 15.9 Å². The lowest BCUT2D eigenvalue weighted by Gasteiger charge is -2.26. The number of amides is 1. The number of halogens is 1. The molecule has 0 spiro atoms. The number of methoxy groups -OCH3 is 1. The molecule has 0 saturated carbocycles. The van der Waals surface area contributed by atoms with Crippen molar-refractivity contribution in [3.8, 4) is 0 Å². The number of rotatable bonds is 6. The van der Waals surface area contributed by atoms with Crippen LogP contribution in [0.3, 0.4) is 0 Å². The highest BCUT2D eigenvalue weighted by molar-refractivity contribution is 9.10. The van der Waals surface area contributed by atoms with E-state index in [1.165, 1.54) is 12.0 Å². The van der Waals surface area contributed by atoms with Crippen LogP contribution < -0.4 is 0 Å². The average molecular weight is 344 g/mol. The van der Waals surface area contributed by atoms with E-state index in [1.54, 1.807) is 26.1 Å². The molecule has 0 saturated heterocycles. The first-order valence-corrected chi connectivity index (χ1v) is 6.97. The molecule has 0 aliphatic carbocycles. The number of ether oxygens (including phenoxy) is 2. The van der Waals surface area contributed by atoms with Crippen LogP contribution in [0.15, 0.2) is 28.7 Å². The molecule has 1 aromatic rings. The Labute approximate surface area is 127 Å². The minimum absolute atomic E-state index is 0.0585. The molecule has 0 aromatic heterocycles. The first kappa shape index (κ1) is 16.7. The third-order valence-corrected chi connectivity index (χ3v) is 3.35. The van der Waals surface area contributed by atoms with Crippen molar-refractivity contribution in [2.75, 3.05) is 27.4 Å². The van der Waals surface area contributed by atoms with Crippen molar-refractivity contribution in [2.24, 2.45) is 0 Å². The van der Waals surface area contributed by atoms with Crippen molar-refractivity contribution < 1.29 is 19.1 Å². The molecule has 0 heterocycles. The second-order valence-corrected chi connectivity index (χ2v) is 5.03. The molecular formula is C14H18BrNO4. The molecule has 5 nitrogen and oxygen atoms in total. The smallest absolute Gasteiger partial charge is 0.333 e. The lowest BCUT2D eigenvalue weighted by atomic mass is 10.1. The van der Waals surface area contributed by atoms with Gasteiger partial charge in [-0.2, -0.15) is 0 Å². The van der Waals surface area contributed by atoms with E-state index < -0.39 is 12.0 Å². The molecule has 1 rings (SSSR count). The Morgan fingerprint density at radius 2 is 1.90 bits per heavy atom. The molecule has 0 aliphatic heterocycles. The van der Waals surface area contributed by atoms with E-state index in [4.69, 9.17) is 9.47 Å². The quantitative estimate of drug-likeness (QED) is 0.742. The summed E-state index contributed by atoms with van der Waals surface area (Å²) in [5.74, 6) is -0.759. The van der Waals surface area contributed by atoms with Crippen molar-refractivity contribution in [3.05, 3.63) is 34.3 Å². The van der Waals surface area contributed by atoms with Crippen LogP contribution in [0, 0.1) is 0 Å². The maximum absolute atomic E-state index is 12.0.